The molecule has 3 amide bonds. The summed E-state index contributed by atoms with van der Waals surface area (Å²) >= 11 is 5.96. The van der Waals surface area contributed by atoms with E-state index in [0.717, 1.165) is 5.57 Å². The molecule has 3 fully saturated rings. The number of nitrogens with one attached hydrogen (secondary N) is 2. The fourth-order valence-electron chi connectivity index (χ4n) is 12.7. The lowest BCUT2D eigenvalue weighted by Gasteiger charge is -2.42. The van der Waals surface area contributed by atoms with E-state index in [4.69, 9.17) is 33.2 Å². The third-order valence-electron chi connectivity index (χ3n) is 18.1. The molecule has 21 nitrogen and oxygen atoms in total. The van der Waals surface area contributed by atoms with Crippen LogP contribution in [0.5, 0.6) is 0 Å². The van der Waals surface area contributed by atoms with Crippen LogP contribution < -0.4 is 10.6 Å². The van der Waals surface area contributed by atoms with E-state index in [1.165, 1.54) is 25.9 Å². The molecule has 24 heteroatoms. The predicted molar refractivity (Wildman–Crippen MR) is 371 cm³/mol. The number of allylic oxidation sites excluding steroid dienone is 6. The van der Waals surface area contributed by atoms with Crippen LogP contribution in [0, 0.1) is 46.2 Å². The molecule has 15 atom stereocenters. The number of nitrogens with zero attached hydrogens (tertiary/aromatic N) is 1. The highest BCUT2D eigenvalue weighted by molar-refractivity contribution is 14.1. The predicted octanol–water partition coefficient (Wildman–Crippen LogP) is 10.9. The second-order valence-electron chi connectivity index (χ2n) is 25.4. The minimum absolute atomic E-state index is 0.0195. The highest BCUT2D eigenvalue weighted by Crippen LogP contribution is 2.41. The Morgan fingerprint density at radius 1 is 0.783 bits per heavy atom. The highest BCUT2D eigenvalue weighted by atomic mass is 127. The molecule has 4 N–H and O–H groups in total. The summed E-state index contributed by atoms with van der Waals surface area (Å²) < 4.78 is 43.1. The Hall–Kier alpha value is -4.04. The van der Waals surface area contributed by atoms with Gasteiger partial charge in [-0.2, -0.15) is 0 Å². The number of esters is 3. The van der Waals surface area contributed by atoms with E-state index >= 15 is 0 Å². The van der Waals surface area contributed by atoms with E-state index in [0.29, 0.717) is 105 Å². The second kappa shape index (κ2) is 37.5. The van der Waals surface area contributed by atoms with Crippen molar-refractivity contribution in [3.8, 4) is 0 Å². The number of carbonyl (C=O) groups excluding carboxylic acids is 9. The molecule has 0 spiro atoms. The van der Waals surface area contributed by atoms with Crippen molar-refractivity contribution in [3.05, 3.63) is 63.9 Å². The summed E-state index contributed by atoms with van der Waals surface area (Å²) in [6.45, 7) is 15.3. The summed E-state index contributed by atoms with van der Waals surface area (Å²) in [4.78, 5) is 124. The van der Waals surface area contributed by atoms with Crippen molar-refractivity contribution in [2.45, 2.75) is 220 Å². The van der Waals surface area contributed by atoms with E-state index in [2.05, 4.69) is 10.6 Å². The van der Waals surface area contributed by atoms with Gasteiger partial charge in [-0.05, 0) is 194 Å². The van der Waals surface area contributed by atoms with Crippen molar-refractivity contribution in [2.24, 2.45) is 35.5 Å². The van der Waals surface area contributed by atoms with Crippen LogP contribution in [0.15, 0.2) is 47.6 Å². The first-order valence-electron chi connectivity index (χ1n) is 32.1. The lowest BCUT2D eigenvalue weighted by Crippen LogP contribution is -2.61. The Labute approximate surface area is 583 Å². The number of hydrogen-bond acceptors (Lipinski definition) is 18. The van der Waals surface area contributed by atoms with Gasteiger partial charge in [0.25, 0.3) is 11.7 Å². The van der Waals surface area contributed by atoms with Crippen molar-refractivity contribution >= 4 is 132 Å². The molecule has 1 aromatic carbocycles. The Bertz CT molecular complexity index is 2890. The molecule has 0 aromatic heterocycles. The number of cyclic esters (lactones) is 1. The summed E-state index contributed by atoms with van der Waals surface area (Å²) in [6, 6.07) is -1.22. The largest absolute Gasteiger partial charge is 0.462 e. The number of benzene rings is 1. The van der Waals surface area contributed by atoms with Crippen LogP contribution in [0.3, 0.4) is 0 Å². The number of ketones is 3. The molecule has 0 unspecified atom stereocenters. The molecule has 0 radical (unpaired) electrons. The fourth-order valence-corrected chi connectivity index (χ4v) is 16.8. The number of ether oxygens (including phenoxy) is 7. The first-order chi connectivity index (χ1) is 43.5. The molecule has 2 bridgehead atoms. The zero-order valence-corrected chi connectivity index (χ0v) is 61.8. The fraction of sp³-hybridized carbons (Fsp3) is 0.662. The average molecular weight is 1620 g/mol. The van der Waals surface area contributed by atoms with Crippen LogP contribution in [-0.4, -0.2) is 157 Å². The molecule has 4 aliphatic rings. The van der Waals surface area contributed by atoms with Crippen LogP contribution in [-0.2, 0) is 71.5 Å². The average Bonchev–Trinajstić information content (AvgIpc) is 0.888. The van der Waals surface area contributed by atoms with Crippen LogP contribution >= 0.6 is 67.8 Å². The number of hydrogen-bond donors (Lipinski definition) is 4. The number of aliphatic hydroxyl groups excluding tert-OH is 1. The Morgan fingerprint density at radius 2 is 1.46 bits per heavy atom. The van der Waals surface area contributed by atoms with E-state index in [1.54, 1.807) is 48.0 Å². The Morgan fingerprint density at radius 3 is 2.09 bits per heavy atom. The third kappa shape index (κ3) is 21.7. The number of rotatable bonds is 16. The van der Waals surface area contributed by atoms with Crippen molar-refractivity contribution in [2.75, 3.05) is 45.1 Å². The number of aliphatic hydroxyl groups is 2. The van der Waals surface area contributed by atoms with Crippen LogP contribution in [0.25, 0.3) is 0 Å². The topological polar surface area (TPSA) is 286 Å². The van der Waals surface area contributed by atoms with Gasteiger partial charge in [0.05, 0.1) is 52.6 Å². The Kier molecular flexibility index (Phi) is 32.0. The SMILES string of the molecule is CO[C@H]1C[C@@H]2CC[C@@H](C)[C@@](O)(O2)C(=O)C(=O)N2CCCC[C@H]2C(=O)O[C@H]([C@H](C)C[C@@H]2CC[C@@H](OC(=O)CCCCCOC(=O)c3c(I)c(NC(C)=O)c(I)c(NC(C)=O)c3I)[C@H](OC)C2)CC(=O)[C@H](C)/C=C(\C)[C@@H](O)[C@@H](OC)C(=O)[C@H](C)C[C@H](C)/C=C/C=CC=C1C. The summed E-state index contributed by atoms with van der Waals surface area (Å²) in [6.07, 6.45) is 11.5. The van der Waals surface area contributed by atoms with Gasteiger partial charge in [0, 0.05) is 78.7 Å². The molecule has 3 aliphatic heterocycles. The number of Topliss-reactive ketones (excluding diaryl/α,β-unsaturated/α-hetero) is 3. The van der Waals surface area contributed by atoms with Gasteiger partial charge in [0.1, 0.15) is 36.2 Å². The third-order valence-corrected chi connectivity index (χ3v) is 21.4. The number of piperidine rings is 1. The first-order valence-corrected chi connectivity index (χ1v) is 35.3. The molecule has 1 aliphatic carbocycles. The zero-order chi connectivity index (χ0) is 68.3. The van der Waals surface area contributed by atoms with Gasteiger partial charge in [-0.25, -0.2) is 9.59 Å². The van der Waals surface area contributed by atoms with Crippen molar-refractivity contribution in [3.63, 3.8) is 0 Å². The minimum Gasteiger partial charge on any atom is -0.462 e. The number of anilines is 2. The van der Waals surface area contributed by atoms with Crippen molar-refractivity contribution in [1.29, 1.82) is 0 Å². The van der Waals surface area contributed by atoms with Crippen molar-refractivity contribution < 1.29 is 86.5 Å². The van der Waals surface area contributed by atoms with E-state index < -0.39 is 108 Å². The summed E-state index contributed by atoms with van der Waals surface area (Å²) in [7, 11) is 4.48. The number of unbranched alkanes of at least 4 members (excludes halogenated alkanes) is 2. The van der Waals surface area contributed by atoms with Crippen LogP contribution in [0.1, 0.15) is 175 Å². The highest BCUT2D eigenvalue weighted by Gasteiger charge is 2.53. The van der Waals surface area contributed by atoms with Crippen LogP contribution in [0.2, 0.25) is 0 Å². The monoisotopic (exact) mass is 1620 g/mol. The quantitative estimate of drug-likeness (QED) is 0.0299. The molecular weight excluding hydrogens is 1530 g/mol. The van der Waals surface area contributed by atoms with E-state index in [1.807, 2.05) is 119 Å². The molecule has 1 saturated carbocycles. The maximum Gasteiger partial charge on any atom is 0.340 e. The van der Waals surface area contributed by atoms with E-state index in [-0.39, 0.29) is 79.6 Å². The van der Waals surface area contributed by atoms with Gasteiger partial charge < -0.3 is 58.9 Å². The number of carbonyl (C=O) groups is 9. The number of fused-ring (bicyclic) bond motifs is 3. The zero-order valence-electron chi connectivity index (χ0n) is 55.3. The van der Waals surface area contributed by atoms with Gasteiger partial charge >= 0.3 is 17.9 Å². The number of methoxy groups -OCH3 is 3. The van der Waals surface area contributed by atoms with Gasteiger partial charge in [-0.3, -0.25) is 33.6 Å². The smallest absolute Gasteiger partial charge is 0.340 e. The maximum absolute atomic E-state index is 14.7. The maximum atomic E-state index is 14.7. The first kappa shape index (κ1) is 78.7. The molecule has 512 valence electrons. The molecule has 5 rings (SSSR count). The Balaban J connectivity index is 1.31. The second-order valence-corrected chi connectivity index (χ2v) is 28.7. The lowest BCUT2D eigenvalue weighted by molar-refractivity contribution is -0.265. The van der Waals surface area contributed by atoms with Gasteiger partial charge in [-0.15, -0.1) is 0 Å². The molecule has 92 heavy (non-hydrogen) atoms. The van der Waals surface area contributed by atoms with Gasteiger partial charge in [-0.1, -0.05) is 71.1 Å². The molecular formula is C68H96I3N3O18. The summed E-state index contributed by atoms with van der Waals surface area (Å²) in [5, 5.41) is 29.2. The van der Waals surface area contributed by atoms with Crippen LogP contribution in [0.4, 0.5) is 11.4 Å². The van der Waals surface area contributed by atoms with Gasteiger partial charge in [0.2, 0.25) is 17.6 Å². The standard InChI is InChI=1S/C68H96I3N3O18/c1-37-21-15-13-16-22-38(2)51(86-10)35-47-27-25-43(7)68(85,92-47)64(81)65(82)74-29-19-18-23-48(74)66(83)91-52(36-49(77)39(3)32-42(6)62(80)63(88-12)61(79)41(5)31-37)40(4)33-46-26-28-50(53(34-46)87-11)90-54(78)24-17-14-20-30-89-67(84)55-56(69)59(72-44(8)75)58(71)60(57(55)70)73-45(9)76/h13,15-16,21-22,32,37,39-41,43,46-48,50-53,62-63,80,85H,14,17-20,23-31,33-36H2,1-12H3,(H,72,75)(H,73,76)/b16-13?,21-15+,38-22?,42-32+/t37-,39-,40-,41-,43-,46+,47+,48+,50-,51+,52+,53-,62-,63+,68-/m1/s1. The van der Waals surface area contributed by atoms with Gasteiger partial charge in [0.15, 0.2) is 5.78 Å². The number of halogens is 3. The normalized spacial score (nSPS) is 30.8. The molecule has 2 saturated heterocycles. The number of amides is 3. The van der Waals surface area contributed by atoms with E-state index in [9.17, 15) is 53.4 Å². The summed E-state index contributed by atoms with van der Waals surface area (Å²) in [5.41, 5.74) is 2.18. The molecule has 3 heterocycles. The lowest BCUT2D eigenvalue weighted by atomic mass is 9.78. The summed E-state index contributed by atoms with van der Waals surface area (Å²) in [5.74, 6) is -10.4. The molecule has 1 aromatic rings. The minimum atomic E-state index is -2.48. The van der Waals surface area contributed by atoms with Crippen molar-refractivity contribution in [1.82, 2.24) is 4.90 Å².